The van der Waals surface area contributed by atoms with Crippen LogP contribution in [0.4, 0.5) is 5.13 Å². The topological polar surface area (TPSA) is 236 Å². The first kappa shape index (κ1) is 32.6. The molecule has 2 aromatic rings. The van der Waals surface area contributed by atoms with Crippen molar-refractivity contribution in [2.24, 2.45) is 16.8 Å². The highest BCUT2D eigenvalue weighted by atomic mass is 32.2. The fraction of sp³-hybridized carbons (Fsp3) is 0.458. The second-order valence-corrected chi connectivity index (χ2v) is 13.8. The van der Waals surface area contributed by atoms with E-state index in [0.29, 0.717) is 23.0 Å². The van der Waals surface area contributed by atoms with Gasteiger partial charge in [0.25, 0.3) is 11.8 Å². The smallest absolute Gasteiger partial charge is 0.353 e. The lowest BCUT2D eigenvalue weighted by Crippen LogP contribution is -2.70. The zero-order valence-electron chi connectivity index (χ0n) is 23.0. The lowest BCUT2D eigenvalue weighted by molar-refractivity contribution is -0.150. The Hall–Kier alpha value is -3.26. The second-order valence-electron chi connectivity index (χ2n) is 9.64. The minimum absolute atomic E-state index is 0.0362. The number of nitrogens with two attached hydrogens (primary N) is 2. The number of carbonyl (C=O) groups excluding carboxylic acids is 3. The van der Waals surface area contributed by atoms with Crippen molar-refractivity contribution in [1.29, 1.82) is 0 Å². The quantitative estimate of drug-likeness (QED) is 0.108. The number of carboxylic acids is 1. The van der Waals surface area contributed by atoms with Crippen LogP contribution in [0.5, 0.6) is 0 Å². The first-order chi connectivity index (χ1) is 20.5. The third-order valence-electron chi connectivity index (χ3n) is 6.38. The van der Waals surface area contributed by atoms with Gasteiger partial charge in [0.15, 0.2) is 11.0 Å². The number of nitrogens with zero attached hydrogens (tertiary/aromatic N) is 5. The van der Waals surface area contributed by atoms with E-state index >= 15 is 0 Å². The molecule has 0 bridgehead atoms. The minimum Gasteiger partial charge on any atom is -0.477 e. The Morgan fingerprint density at radius 1 is 1.30 bits per heavy atom. The van der Waals surface area contributed by atoms with Crippen molar-refractivity contribution < 1.29 is 24.3 Å². The summed E-state index contributed by atoms with van der Waals surface area (Å²) in [5, 5.41) is 17.5. The van der Waals surface area contributed by atoms with Crippen molar-refractivity contribution in [3.8, 4) is 0 Å². The van der Waals surface area contributed by atoms with Crippen molar-refractivity contribution in [3.05, 3.63) is 45.4 Å². The Labute approximate surface area is 262 Å². The molecule has 3 amide bonds. The Morgan fingerprint density at radius 3 is 2.72 bits per heavy atom. The van der Waals surface area contributed by atoms with Crippen LogP contribution in [0.15, 0.2) is 39.0 Å². The van der Waals surface area contributed by atoms with Crippen LogP contribution in [-0.2, 0) is 24.9 Å². The highest BCUT2D eigenvalue weighted by Crippen LogP contribution is 2.45. The van der Waals surface area contributed by atoms with Crippen LogP contribution in [0, 0.1) is 10.8 Å². The maximum atomic E-state index is 13.1. The molecule has 0 radical (unpaired) electrons. The first-order valence-corrected chi connectivity index (χ1v) is 16.7. The van der Waals surface area contributed by atoms with E-state index in [1.54, 1.807) is 24.0 Å². The van der Waals surface area contributed by atoms with E-state index in [1.165, 1.54) is 23.5 Å². The Kier molecular flexibility index (Phi) is 11.0. The number of nitroso groups, excluding NO2 is 1. The number of pyridine rings is 1. The fourth-order valence-corrected chi connectivity index (χ4v) is 8.00. The summed E-state index contributed by atoms with van der Waals surface area (Å²) in [5.41, 5.74) is 11.9. The van der Waals surface area contributed by atoms with E-state index in [-0.39, 0.29) is 34.2 Å². The summed E-state index contributed by atoms with van der Waals surface area (Å²) < 4.78 is 3.83. The van der Waals surface area contributed by atoms with Crippen molar-refractivity contribution >= 4 is 75.6 Å². The van der Waals surface area contributed by atoms with E-state index in [0.717, 1.165) is 27.0 Å². The number of amides is 3. The number of carboxylic acid groups (broad SMARTS) is 1. The number of carbonyl (C=O) groups is 4. The van der Waals surface area contributed by atoms with Gasteiger partial charge in [-0.3, -0.25) is 24.3 Å². The largest absolute Gasteiger partial charge is 0.477 e. The molecule has 2 aromatic heterocycles. The van der Waals surface area contributed by atoms with Crippen LogP contribution in [-0.4, -0.2) is 83.5 Å². The van der Waals surface area contributed by atoms with Gasteiger partial charge in [-0.15, -0.1) is 16.7 Å². The number of rotatable bonds is 14. The highest BCUT2D eigenvalue weighted by Gasteiger charge is 2.55. The SMILES string of the molecule is CC(C)[C@H](N)C(=O)NCCSCc1ncccc1SC1=C(C(=O)O)N2C(=O)[C@@H](NC(=O)C(N=O)c3nsc(N)n3)[C@@H]2SC1. The molecule has 2 aliphatic rings. The lowest BCUT2D eigenvalue weighted by Gasteiger charge is -2.49. The number of anilines is 1. The van der Waals surface area contributed by atoms with Crippen LogP contribution in [0.25, 0.3) is 0 Å². The van der Waals surface area contributed by atoms with Crippen molar-refractivity contribution in [2.45, 2.75) is 48.0 Å². The van der Waals surface area contributed by atoms with Crippen LogP contribution in [0.2, 0.25) is 0 Å². The molecular weight excluding hydrogens is 639 g/mol. The van der Waals surface area contributed by atoms with E-state index in [9.17, 15) is 29.2 Å². The summed E-state index contributed by atoms with van der Waals surface area (Å²) >= 11 is 4.86. The number of nitrogens with one attached hydrogen (secondary N) is 2. The molecule has 4 rings (SSSR count). The summed E-state index contributed by atoms with van der Waals surface area (Å²) in [7, 11) is 0. The minimum atomic E-state index is -1.60. The van der Waals surface area contributed by atoms with Gasteiger partial charge in [-0.1, -0.05) is 25.6 Å². The molecular formula is C24H29N9O6S4. The average Bonchev–Trinajstić information content (AvgIpc) is 3.41. The number of β-lactam (4-membered cyclic amide) rings is 1. The predicted octanol–water partition coefficient (Wildman–Crippen LogP) is 1.14. The molecule has 230 valence electrons. The molecule has 19 heteroatoms. The second kappa shape index (κ2) is 14.5. The number of fused-ring (bicyclic) bond motifs is 1. The van der Waals surface area contributed by atoms with Gasteiger partial charge in [0.1, 0.15) is 17.1 Å². The molecule has 4 heterocycles. The van der Waals surface area contributed by atoms with Crippen LogP contribution in [0.3, 0.4) is 0 Å². The molecule has 4 atom stereocenters. The zero-order chi connectivity index (χ0) is 31.3. The monoisotopic (exact) mass is 667 g/mol. The molecule has 0 spiro atoms. The molecule has 2 aliphatic heterocycles. The third-order valence-corrected chi connectivity index (χ3v) is 10.5. The highest BCUT2D eigenvalue weighted by molar-refractivity contribution is 8.06. The van der Waals surface area contributed by atoms with Gasteiger partial charge < -0.3 is 27.2 Å². The predicted molar refractivity (Wildman–Crippen MR) is 165 cm³/mol. The van der Waals surface area contributed by atoms with Crippen LogP contribution >= 0.6 is 46.8 Å². The van der Waals surface area contributed by atoms with E-state index in [4.69, 9.17) is 11.5 Å². The maximum absolute atomic E-state index is 13.1. The van der Waals surface area contributed by atoms with E-state index < -0.39 is 41.3 Å². The summed E-state index contributed by atoms with van der Waals surface area (Å²) in [6.07, 6.45) is 1.64. The molecule has 43 heavy (non-hydrogen) atoms. The van der Waals surface area contributed by atoms with Crippen LogP contribution < -0.4 is 22.1 Å². The average molecular weight is 668 g/mol. The van der Waals surface area contributed by atoms with Gasteiger partial charge >= 0.3 is 5.97 Å². The molecule has 7 N–H and O–H groups in total. The fourth-order valence-electron chi connectivity index (χ4n) is 4.07. The third kappa shape index (κ3) is 7.46. The number of aromatic nitrogens is 3. The van der Waals surface area contributed by atoms with Gasteiger partial charge in [-0.05, 0) is 23.2 Å². The number of hydrogen-bond donors (Lipinski definition) is 5. The summed E-state index contributed by atoms with van der Waals surface area (Å²) in [4.78, 5) is 72.1. The summed E-state index contributed by atoms with van der Waals surface area (Å²) in [6.45, 7) is 4.20. The lowest BCUT2D eigenvalue weighted by atomic mass is 10.0. The Bertz CT molecular complexity index is 1440. The van der Waals surface area contributed by atoms with E-state index in [1.807, 2.05) is 19.9 Å². The van der Waals surface area contributed by atoms with Crippen molar-refractivity contribution in [3.63, 3.8) is 0 Å². The summed E-state index contributed by atoms with van der Waals surface area (Å²) in [5.74, 6) is -1.73. The number of nitrogen functional groups attached to an aromatic ring is 1. The maximum Gasteiger partial charge on any atom is 0.353 e. The number of aliphatic carboxylic acids is 1. The summed E-state index contributed by atoms with van der Waals surface area (Å²) in [6, 6.07) is 0.351. The molecule has 0 aromatic carbocycles. The molecule has 0 aliphatic carbocycles. The normalized spacial score (nSPS) is 19.3. The van der Waals surface area contributed by atoms with Gasteiger partial charge in [0, 0.05) is 51.3 Å². The van der Waals surface area contributed by atoms with Gasteiger partial charge in [-0.2, -0.15) is 16.1 Å². The van der Waals surface area contributed by atoms with Crippen LogP contribution in [0.1, 0.15) is 31.4 Å². The molecule has 1 unspecified atom stereocenters. The Balaban J connectivity index is 1.40. The van der Waals surface area contributed by atoms with Gasteiger partial charge in [-0.25, -0.2) is 9.78 Å². The van der Waals surface area contributed by atoms with Gasteiger partial charge in [0.05, 0.1) is 11.7 Å². The zero-order valence-corrected chi connectivity index (χ0v) is 26.2. The van der Waals surface area contributed by atoms with E-state index in [2.05, 4.69) is 30.2 Å². The molecule has 1 saturated heterocycles. The van der Waals surface area contributed by atoms with Crippen molar-refractivity contribution in [2.75, 3.05) is 23.8 Å². The molecule has 0 saturated carbocycles. The number of hydrogen-bond acceptors (Lipinski definition) is 15. The number of thioether (sulfide) groups is 3. The molecule has 1 fully saturated rings. The molecule has 15 nitrogen and oxygen atoms in total. The van der Waals surface area contributed by atoms with Gasteiger partial charge in [0.2, 0.25) is 11.9 Å². The Morgan fingerprint density at radius 2 is 2.07 bits per heavy atom. The first-order valence-electron chi connectivity index (χ1n) is 12.9. The standard InChI is InChI=1S/C24H29N9O6S4/c1-10(2)14(25)19(34)28-6-7-40-8-11-12(4-3-5-27-11)42-13-9-41-22-16(21(36)33(22)17(13)23(37)38)29-20(35)15(31-39)18-30-24(26)43-32-18/h3-5,10,14-16,22H,6-9,25H2,1-2H3,(H,28,34)(H,29,35)(H,37,38)(H2,26,30,32)/t14-,15?,16+,22-/m0/s1. The van der Waals surface area contributed by atoms with Crippen molar-refractivity contribution in [1.82, 2.24) is 29.9 Å².